The molecule has 1 fully saturated rings. The first-order chi connectivity index (χ1) is 16.8. The lowest BCUT2D eigenvalue weighted by Crippen LogP contribution is -2.52. The van der Waals surface area contributed by atoms with Crippen LogP contribution in [0.4, 0.5) is 9.18 Å². The molecular formula is C24H25FN4O5S. The molecule has 1 aromatic heterocycles. The van der Waals surface area contributed by atoms with Gasteiger partial charge in [0.05, 0.1) is 11.3 Å². The van der Waals surface area contributed by atoms with Crippen molar-refractivity contribution in [2.24, 2.45) is 0 Å². The van der Waals surface area contributed by atoms with E-state index in [1.54, 1.807) is 17.4 Å². The van der Waals surface area contributed by atoms with Crippen LogP contribution in [-0.2, 0) is 40.4 Å². The largest absolute Gasteiger partial charge is 0.442 e. The van der Waals surface area contributed by atoms with E-state index in [4.69, 9.17) is 4.74 Å². The third kappa shape index (κ3) is 4.52. The molecule has 0 radical (unpaired) electrons. The number of imide groups is 1. The molecule has 2 aliphatic heterocycles. The number of carbonyl (C=O) groups excluding carboxylic acids is 4. The van der Waals surface area contributed by atoms with Crippen LogP contribution in [0, 0.1) is 5.82 Å². The molecule has 0 spiro atoms. The van der Waals surface area contributed by atoms with E-state index in [1.807, 2.05) is 0 Å². The van der Waals surface area contributed by atoms with Gasteiger partial charge in [0.1, 0.15) is 23.5 Å². The lowest BCUT2D eigenvalue weighted by atomic mass is 9.94. The summed E-state index contributed by atoms with van der Waals surface area (Å²) in [4.78, 5) is 55.8. The fraction of sp³-hybridized carbons (Fsp3) is 0.458. The summed E-state index contributed by atoms with van der Waals surface area (Å²) in [5.74, 6) is -1.80. The molecule has 1 aromatic carbocycles. The van der Waals surface area contributed by atoms with Gasteiger partial charge in [-0.2, -0.15) is 0 Å². The number of rotatable bonds is 5. The SMILES string of the molecule is C[C@@H]1CCCc2nc(COC(=O)NCc3ccc4c(c3F)C(=O)N(C3CCC(=O)NC3=O)C4)sc21. The lowest BCUT2D eigenvalue weighted by molar-refractivity contribution is -0.136. The number of benzene rings is 1. The molecule has 9 nitrogen and oxygen atoms in total. The highest BCUT2D eigenvalue weighted by molar-refractivity contribution is 7.11. The Morgan fingerprint density at radius 3 is 2.89 bits per heavy atom. The molecule has 184 valence electrons. The second-order valence-corrected chi connectivity index (χ2v) is 10.2. The van der Waals surface area contributed by atoms with Gasteiger partial charge in [-0.25, -0.2) is 14.2 Å². The highest BCUT2D eigenvalue weighted by Crippen LogP contribution is 2.35. The van der Waals surface area contributed by atoms with Gasteiger partial charge in [0.15, 0.2) is 0 Å². The van der Waals surface area contributed by atoms with Crippen LogP contribution < -0.4 is 10.6 Å². The smallest absolute Gasteiger partial charge is 0.407 e. The first-order valence-corrected chi connectivity index (χ1v) is 12.5. The molecule has 0 saturated carbocycles. The second-order valence-electron chi connectivity index (χ2n) is 9.11. The van der Waals surface area contributed by atoms with Gasteiger partial charge in [0.25, 0.3) is 5.91 Å². The van der Waals surface area contributed by atoms with E-state index >= 15 is 4.39 Å². The number of thiazole rings is 1. The van der Waals surface area contributed by atoms with E-state index in [0.717, 1.165) is 30.0 Å². The number of amides is 4. The van der Waals surface area contributed by atoms with Crippen LogP contribution in [0.15, 0.2) is 12.1 Å². The molecule has 0 bridgehead atoms. The Labute approximate surface area is 205 Å². The molecule has 4 amide bonds. The van der Waals surface area contributed by atoms with E-state index < -0.39 is 29.8 Å². The number of hydrogen-bond acceptors (Lipinski definition) is 7. The Hall–Kier alpha value is -3.34. The monoisotopic (exact) mass is 500 g/mol. The van der Waals surface area contributed by atoms with Crippen molar-refractivity contribution in [1.29, 1.82) is 0 Å². The minimum absolute atomic E-state index is 0.0439. The van der Waals surface area contributed by atoms with E-state index in [2.05, 4.69) is 22.5 Å². The highest BCUT2D eigenvalue weighted by Gasteiger charge is 2.40. The van der Waals surface area contributed by atoms with Crippen LogP contribution >= 0.6 is 11.3 Å². The summed E-state index contributed by atoms with van der Waals surface area (Å²) in [5.41, 5.74) is 1.58. The van der Waals surface area contributed by atoms with Crippen molar-refractivity contribution in [3.63, 3.8) is 0 Å². The topological polar surface area (TPSA) is 118 Å². The molecule has 1 unspecified atom stereocenters. The van der Waals surface area contributed by atoms with Gasteiger partial charge in [-0.15, -0.1) is 11.3 Å². The molecule has 2 aromatic rings. The average Bonchev–Trinajstić information content (AvgIpc) is 3.39. The lowest BCUT2D eigenvalue weighted by Gasteiger charge is -2.29. The first kappa shape index (κ1) is 23.4. The third-order valence-corrected chi connectivity index (χ3v) is 8.03. The Morgan fingerprint density at radius 1 is 1.29 bits per heavy atom. The van der Waals surface area contributed by atoms with Gasteiger partial charge >= 0.3 is 6.09 Å². The van der Waals surface area contributed by atoms with Crippen molar-refractivity contribution in [3.05, 3.63) is 50.2 Å². The van der Waals surface area contributed by atoms with E-state index in [9.17, 15) is 19.2 Å². The van der Waals surface area contributed by atoms with Gasteiger partial charge < -0.3 is 15.0 Å². The fourth-order valence-electron chi connectivity index (χ4n) is 4.88. The van der Waals surface area contributed by atoms with Gasteiger partial charge in [-0.1, -0.05) is 19.1 Å². The fourth-order valence-corrected chi connectivity index (χ4v) is 5.99. The summed E-state index contributed by atoms with van der Waals surface area (Å²) in [6.45, 7) is 2.15. The molecule has 3 heterocycles. The summed E-state index contributed by atoms with van der Waals surface area (Å²) in [6, 6.07) is 2.31. The first-order valence-electron chi connectivity index (χ1n) is 11.7. The summed E-state index contributed by atoms with van der Waals surface area (Å²) < 4.78 is 20.5. The van der Waals surface area contributed by atoms with E-state index in [-0.39, 0.29) is 49.6 Å². The maximum absolute atomic E-state index is 15.2. The highest BCUT2D eigenvalue weighted by atomic mass is 32.1. The Kier molecular flexibility index (Phi) is 6.26. The van der Waals surface area contributed by atoms with Crippen molar-refractivity contribution >= 4 is 35.2 Å². The molecule has 3 aliphatic rings. The summed E-state index contributed by atoms with van der Waals surface area (Å²) in [5, 5.41) is 5.48. The van der Waals surface area contributed by atoms with Crippen molar-refractivity contribution in [3.8, 4) is 0 Å². The number of nitrogens with one attached hydrogen (secondary N) is 2. The third-order valence-electron chi connectivity index (χ3n) is 6.73. The Balaban J connectivity index is 1.19. The van der Waals surface area contributed by atoms with Gasteiger partial charge in [0.2, 0.25) is 11.8 Å². The van der Waals surface area contributed by atoms with Gasteiger partial charge in [-0.05, 0) is 37.2 Å². The zero-order chi connectivity index (χ0) is 24.7. The van der Waals surface area contributed by atoms with Crippen molar-refractivity contribution < 1.29 is 28.3 Å². The minimum Gasteiger partial charge on any atom is -0.442 e. The zero-order valence-corrected chi connectivity index (χ0v) is 20.0. The minimum atomic E-state index is -0.817. The van der Waals surface area contributed by atoms with Crippen molar-refractivity contribution in [1.82, 2.24) is 20.5 Å². The maximum Gasteiger partial charge on any atom is 0.407 e. The standard InChI is InChI=1S/C24H25FN4O5S/c1-12-3-2-4-15-21(12)35-18(27-15)11-34-24(33)26-9-13-5-6-14-10-29(23(32)19(14)20(13)25)16-7-8-17(30)28-22(16)31/h5-6,12,16H,2-4,7-11H2,1H3,(H,26,33)(H,28,30,31)/t12-,16?/m1/s1. The van der Waals surface area contributed by atoms with Crippen LogP contribution in [0.2, 0.25) is 0 Å². The van der Waals surface area contributed by atoms with E-state index in [0.29, 0.717) is 11.5 Å². The number of carbonyl (C=O) groups is 4. The number of aromatic nitrogens is 1. The van der Waals surface area contributed by atoms with Crippen LogP contribution in [0.3, 0.4) is 0 Å². The zero-order valence-electron chi connectivity index (χ0n) is 19.2. The molecule has 2 N–H and O–H groups in total. The summed E-state index contributed by atoms with van der Waals surface area (Å²) >= 11 is 1.56. The molecule has 2 atom stereocenters. The van der Waals surface area contributed by atoms with E-state index in [1.165, 1.54) is 15.8 Å². The van der Waals surface area contributed by atoms with Crippen LogP contribution in [0.25, 0.3) is 0 Å². The van der Waals surface area contributed by atoms with Gasteiger partial charge in [-0.3, -0.25) is 19.7 Å². The van der Waals surface area contributed by atoms with Crippen LogP contribution in [-0.4, -0.2) is 39.7 Å². The predicted molar refractivity (Wildman–Crippen MR) is 123 cm³/mol. The number of hydrogen-bond donors (Lipinski definition) is 2. The normalized spacial score (nSPS) is 21.4. The summed E-state index contributed by atoms with van der Waals surface area (Å²) in [7, 11) is 0. The Morgan fingerprint density at radius 2 is 2.11 bits per heavy atom. The van der Waals surface area contributed by atoms with Crippen LogP contribution in [0.5, 0.6) is 0 Å². The molecule has 35 heavy (non-hydrogen) atoms. The summed E-state index contributed by atoms with van der Waals surface area (Å²) in [6.07, 6.45) is 2.81. The molecule has 11 heteroatoms. The number of alkyl carbamates (subject to hydrolysis) is 1. The number of ether oxygens (including phenoxy) is 1. The number of aryl methyl sites for hydroxylation is 1. The molecule has 1 aliphatic carbocycles. The molecular weight excluding hydrogens is 475 g/mol. The van der Waals surface area contributed by atoms with Crippen LogP contribution in [0.1, 0.15) is 75.6 Å². The number of piperidine rings is 1. The molecule has 1 saturated heterocycles. The number of halogens is 1. The predicted octanol–water partition coefficient (Wildman–Crippen LogP) is 2.91. The number of fused-ring (bicyclic) bond motifs is 2. The van der Waals surface area contributed by atoms with Gasteiger partial charge in [0, 0.05) is 30.0 Å². The van der Waals surface area contributed by atoms with Crippen molar-refractivity contribution in [2.45, 2.75) is 70.7 Å². The molecule has 5 rings (SSSR count). The number of nitrogens with zero attached hydrogens (tertiary/aromatic N) is 2. The van der Waals surface area contributed by atoms with Crippen molar-refractivity contribution in [2.75, 3.05) is 0 Å². The quantitative estimate of drug-likeness (QED) is 0.610. The Bertz CT molecular complexity index is 1230. The maximum atomic E-state index is 15.2. The second kappa shape index (κ2) is 9.37. The average molecular weight is 501 g/mol.